The first-order valence-corrected chi connectivity index (χ1v) is 5.07. The maximum absolute atomic E-state index is 12.9. The van der Waals surface area contributed by atoms with Crippen LogP contribution in [0.25, 0.3) is 0 Å². The smallest absolute Gasteiger partial charge is 0.318 e. The SMILES string of the molecule is Cc1cc(C)c(C(N)C(F)(F)C(F)F)s1. The van der Waals surface area contributed by atoms with Crippen LogP contribution in [-0.2, 0) is 0 Å². The molecule has 1 nitrogen and oxygen atoms in total. The summed E-state index contributed by atoms with van der Waals surface area (Å²) in [6.07, 6.45) is -3.74. The molecule has 0 aromatic carbocycles. The Bertz CT molecular complexity index is 348. The number of halogens is 4. The fourth-order valence-electron chi connectivity index (χ4n) is 1.28. The average Bonchev–Trinajstić information content (AvgIpc) is 2.43. The summed E-state index contributed by atoms with van der Waals surface area (Å²) in [7, 11) is 0. The van der Waals surface area contributed by atoms with Crippen LogP contribution in [0.2, 0.25) is 0 Å². The summed E-state index contributed by atoms with van der Waals surface area (Å²) in [5, 5.41) is 0. The molecule has 1 aromatic heterocycles. The van der Waals surface area contributed by atoms with Gasteiger partial charge in [0.25, 0.3) is 0 Å². The van der Waals surface area contributed by atoms with E-state index in [2.05, 4.69) is 0 Å². The molecule has 0 spiro atoms. The highest BCUT2D eigenvalue weighted by molar-refractivity contribution is 7.12. The van der Waals surface area contributed by atoms with Crippen LogP contribution in [0.15, 0.2) is 6.07 Å². The molecule has 0 amide bonds. The van der Waals surface area contributed by atoms with Crippen molar-refractivity contribution in [2.75, 3.05) is 0 Å². The highest BCUT2D eigenvalue weighted by Crippen LogP contribution is 2.39. The number of thiophene rings is 1. The van der Waals surface area contributed by atoms with Crippen molar-refractivity contribution >= 4 is 11.3 Å². The second-order valence-electron chi connectivity index (χ2n) is 3.36. The maximum Gasteiger partial charge on any atom is 0.327 e. The molecule has 0 radical (unpaired) electrons. The molecule has 0 aliphatic heterocycles. The quantitative estimate of drug-likeness (QED) is 0.807. The molecular formula is C9H11F4NS. The van der Waals surface area contributed by atoms with E-state index in [4.69, 9.17) is 5.73 Å². The first-order valence-electron chi connectivity index (χ1n) is 4.25. The van der Waals surface area contributed by atoms with Crippen LogP contribution in [0, 0.1) is 13.8 Å². The minimum Gasteiger partial charge on any atom is -0.318 e. The molecule has 6 heteroatoms. The number of hydrogen-bond donors (Lipinski definition) is 1. The van der Waals surface area contributed by atoms with Gasteiger partial charge in [-0.15, -0.1) is 11.3 Å². The van der Waals surface area contributed by atoms with Crippen molar-refractivity contribution in [3.05, 3.63) is 21.4 Å². The Labute approximate surface area is 88.9 Å². The molecule has 2 N–H and O–H groups in total. The van der Waals surface area contributed by atoms with E-state index in [0.717, 1.165) is 16.2 Å². The molecule has 1 rings (SSSR count). The summed E-state index contributed by atoms with van der Waals surface area (Å²) in [6.45, 7) is 3.30. The van der Waals surface area contributed by atoms with Crippen molar-refractivity contribution in [1.29, 1.82) is 0 Å². The van der Waals surface area contributed by atoms with Crippen molar-refractivity contribution in [1.82, 2.24) is 0 Å². The Kier molecular flexibility index (Phi) is 3.40. The van der Waals surface area contributed by atoms with E-state index in [0.29, 0.717) is 5.56 Å². The van der Waals surface area contributed by atoms with Crippen LogP contribution in [0.4, 0.5) is 17.6 Å². The van der Waals surface area contributed by atoms with Crippen molar-refractivity contribution in [3.63, 3.8) is 0 Å². The summed E-state index contributed by atoms with van der Waals surface area (Å²) >= 11 is 1.03. The van der Waals surface area contributed by atoms with Crippen molar-refractivity contribution < 1.29 is 17.6 Å². The number of aryl methyl sites for hydroxylation is 2. The fourth-order valence-corrected chi connectivity index (χ4v) is 2.37. The van der Waals surface area contributed by atoms with Gasteiger partial charge in [-0.05, 0) is 25.5 Å². The van der Waals surface area contributed by atoms with Crippen LogP contribution in [0.1, 0.15) is 21.4 Å². The molecule has 0 aliphatic carbocycles. The zero-order chi connectivity index (χ0) is 11.8. The van der Waals surface area contributed by atoms with Crippen LogP contribution in [0.3, 0.4) is 0 Å². The molecule has 15 heavy (non-hydrogen) atoms. The van der Waals surface area contributed by atoms with Gasteiger partial charge in [0.1, 0.15) is 6.04 Å². The van der Waals surface area contributed by atoms with Gasteiger partial charge in [-0.3, -0.25) is 0 Å². The lowest BCUT2D eigenvalue weighted by Gasteiger charge is -2.22. The topological polar surface area (TPSA) is 26.0 Å². The van der Waals surface area contributed by atoms with E-state index in [9.17, 15) is 17.6 Å². The predicted octanol–water partition coefficient (Wildman–Crippen LogP) is 3.27. The largest absolute Gasteiger partial charge is 0.327 e. The first-order chi connectivity index (χ1) is 6.76. The molecule has 0 saturated heterocycles. The van der Waals surface area contributed by atoms with Crippen molar-refractivity contribution in [2.24, 2.45) is 5.73 Å². The Balaban J connectivity index is 3.04. The van der Waals surface area contributed by atoms with Crippen LogP contribution < -0.4 is 5.73 Å². The third-order valence-electron chi connectivity index (χ3n) is 2.07. The lowest BCUT2D eigenvalue weighted by Crippen LogP contribution is -2.39. The third-order valence-corrected chi connectivity index (χ3v) is 3.30. The van der Waals surface area contributed by atoms with Gasteiger partial charge in [-0.2, -0.15) is 8.78 Å². The number of nitrogens with two attached hydrogens (primary N) is 1. The van der Waals surface area contributed by atoms with Gasteiger partial charge in [0.05, 0.1) is 0 Å². The normalized spacial score (nSPS) is 14.7. The number of hydrogen-bond acceptors (Lipinski definition) is 2. The van der Waals surface area contributed by atoms with Gasteiger partial charge < -0.3 is 5.73 Å². The second kappa shape index (κ2) is 4.09. The Morgan fingerprint density at radius 1 is 1.33 bits per heavy atom. The van der Waals surface area contributed by atoms with Crippen molar-refractivity contribution in [3.8, 4) is 0 Å². The van der Waals surface area contributed by atoms with E-state index in [-0.39, 0.29) is 4.88 Å². The molecule has 0 fully saturated rings. The minimum atomic E-state index is -4.18. The van der Waals surface area contributed by atoms with Crippen molar-refractivity contribution in [2.45, 2.75) is 32.2 Å². The van der Waals surface area contributed by atoms with Gasteiger partial charge in [0, 0.05) is 9.75 Å². The summed E-state index contributed by atoms with van der Waals surface area (Å²) < 4.78 is 50.0. The fraction of sp³-hybridized carbons (Fsp3) is 0.556. The van der Waals surface area contributed by atoms with E-state index in [1.165, 1.54) is 0 Å². The van der Waals surface area contributed by atoms with Gasteiger partial charge in [-0.1, -0.05) is 0 Å². The van der Waals surface area contributed by atoms with E-state index in [1.807, 2.05) is 0 Å². The lowest BCUT2D eigenvalue weighted by atomic mass is 10.1. The predicted molar refractivity (Wildman–Crippen MR) is 51.7 cm³/mol. The maximum atomic E-state index is 12.9. The highest BCUT2D eigenvalue weighted by atomic mass is 32.1. The molecule has 1 unspecified atom stereocenters. The summed E-state index contributed by atoms with van der Waals surface area (Å²) in [4.78, 5) is 0.904. The van der Waals surface area contributed by atoms with Crippen LogP contribution in [-0.4, -0.2) is 12.3 Å². The Hall–Kier alpha value is -0.620. The first kappa shape index (κ1) is 12.4. The summed E-state index contributed by atoms with van der Waals surface area (Å²) in [6, 6.07) is -0.280. The zero-order valence-corrected chi connectivity index (χ0v) is 9.05. The molecule has 0 aliphatic rings. The molecule has 0 bridgehead atoms. The Morgan fingerprint density at radius 3 is 2.20 bits per heavy atom. The van der Waals surface area contributed by atoms with Crippen LogP contribution in [0.5, 0.6) is 0 Å². The van der Waals surface area contributed by atoms with E-state index in [1.54, 1.807) is 19.9 Å². The summed E-state index contributed by atoms with van der Waals surface area (Å²) in [5.74, 6) is -4.18. The highest BCUT2D eigenvalue weighted by Gasteiger charge is 2.48. The average molecular weight is 241 g/mol. The monoisotopic (exact) mass is 241 g/mol. The number of alkyl halides is 4. The van der Waals surface area contributed by atoms with E-state index >= 15 is 0 Å². The molecular weight excluding hydrogens is 230 g/mol. The zero-order valence-electron chi connectivity index (χ0n) is 8.23. The Morgan fingerprint density at radius 2 is 1.87 bits per heavy atom. The lowest BCUT2D eigenvalue weighted by molar-refractivity contribution is -0.144. The minimum absolute atomic E-state index is 0.123. The molecule has 86 valence electrons. The molecule has 1 aromatic rings. The molecule has 1 heterocycles. The molecule has 1 atom stereocenters. The summed E-state index contributed by atoms with van der Waals surface area (Å²) in [5.41, 5.74) is 5.70. The van der Waals surface area contributed by atoms with Gasteiger partial charge >= 0.3 is 12.3 Å². The van der Waals surface area contributed by atoms with Gasteiger partial charge in [0.2, 0.25) is 0 Å². The van der Waals surface area contributed by atoms with E-state index < -0.39 is 18.4 Å². The third kappa shape index (κ3) is 2.31. The van der Waals surface area contributed by atoms with Gasteiger partial charge in [0.15, 0.2) is 0 Å². The molecule has 0 saturated carbocycles. The van der Waals surface area contributed by atoms with Crippen LogP contribution >= 0.6 is 11.3 Å². The van der Waals surface area contributed by atoms with Gasteiger partial charge in [-0.25, -0.2) is 8.78 Å². The second-order valence-corrected chi connectivity index (χ2v) is 4.65. The standard InChI is InChI=1S/C9H11F4NS/c1-4-3-5(2)15-6(4)7(14)9(12,13)8(10)11/h3,7-8H,14H2,1-2H3. The number of rotatable bonds is 3.